The maximum atomic E-state index is 11.7. The van der Waals surface area contributed by atoms with Gasteiger partial charge in [0.1, 0.15) is 0 Å². The minimum Gasteiger partial charge on any atom is -0.357 e. The third kappa shape index (κ3) is 5.56. The Labute approximate surface area is 147 Å². The number of sulfone groups is 1. The van der Waals surface area contributed by atoms with Crippen molar-refractivity contribution >= 4 is 15.8 Å². The molecule has 136 valence electrons. The highest BCUT2D eigenvalue weighted by Gasteiger charge is 2.11. The lowest BCUT2D eigenvalue weighted by molar-refractivity contribution is 0.387. The van der Waals surface area contributed by atoms with Gasteiger partial charge < -0.3 is 15.2 Å². The van der Waals surface area contributed by atoms with Crippen LogP contribution >= 0.6 is 0 Å². The van der Waals surface area contributed by atoms with E-state index in [0.717, 1.165) is 11.1 Å². The van der Waals surface area contributed by atoms with E-state index in [9.17, 15) is 8.42 Å². The quantitative estimate of drug-likeness (QED) is 0.587. The lowest BCUT2D eigenvalue weighted by atomic mass is 10.1. The van der Waals surface area contributed by atoms with Crippen LogP contribution in [0.4, 0.5) is 0 Å². The molecule has 9 heteroatoms. The van der Waals surface area contributed by atoms with E-state index in [4.69, 9.17) is 4.52 Å². The second-order valence-electron chi connectivity index (χ2n) is 5.65. The van der Waals surface area contributed by atoms with Crippen LogP contribution in [0.2, 0.25) is 0 Å². The van der Waals surface area contributed by atoms with Gasteiger partial charge in [-0.25, -0.2) is 13.4 Å². The average Bonchev–Trinajstić information content (AvgIpc) is 2.94. The molecule has 0 saturated heterocycles. The summed E-state index contributed by atoms with van der Waals surface area (Å²) < 4.78 is 28.3. The zero-order chi connectivity index (χ0) is 18.4. The molecule has 0 amide bonds. The average molecular weight is 365 g/mol. The summed E-state index contributed by atoms with van der Waals surface area (Å²) in [7, 11) is -3.21. The van der Waals surface area contributed by atoms with E-state index in [0.29, 0.717) is 42.2 Å². The monoisotopic (exact) mass is 365 g/mol. The zero-order valence-corrected chi connectivity index (χ0v) is 15.6. The van der Waals surface area contributed by atoms with Crippen molar-refractivity contribution in [2.75, 3.05) is 12.8 Å². The van der Waals surface area contributed by atoms with E-state index in [1.807, 2.05) is 13.0 Å². The maximum absolute atomic E-state index is 11.7. The number of hydrogen-bond donors (Lipinski definition) is 2. The molecule has 8 nitrogen and oxygen atoms in total. The number of benzene rings is 1. The zero-order valence-electron chi connectivity index (χ0n) is 14.8. The first kappa shape index (κ1) is 18.9. The molecule has 0 spiro atoms. The van der Waals surface area contributed by atoms with Gasteiger partial charge in [0, 0.05) is 19.7 Å². The highest BCUT2D eigenvalue weighted by atomic mass is 32.2. The smallest absolute Gasteiger partial charge is 0.223 e. The van der Waals surface area contributed by atoms with Crippen molar-refractivity contribution < 1.29 is 12.9 Å². The fraction of sp³-hybridized carbons (Fsp3) is 0.438. The molecule has 0 saturated carbocycles. The summed E-state index contributed by atoms with van der Waals surface area (Å²) in [6.07, 6.45) is 1.21. The van der Waals surface area contributed by atoms with Crippen molar-refractivity contribution in [2.45, 2.75) is 38.8 Å². The van der Waals surface area contributed by atoms with Gasteiger partial charge in [0.2, 0.25) is 5.89 Å². The van der Waals surface area contributed by atoms with Gasteiger partial charge in [-0.15, -0.1) is 0 Å². The molecule has 0 fully saturated rings. The van der Waals surface area contributed by atoms with Crippen molar-refractivity contribution in [3.05, 3.63) is 41.0 Å². The first-order valence-electron chi connectivity index (χ1n) is 7.90. The first-order valence-corrected chi connectivity index (χ1v) is 9.79. The first-order chi connectivity index (χ1) is 11.8. The molecule has 0 bridgehead atoms. The molecule has 0 aliphatic rings. The Morgan fingerprint density at radius 3 is 2.60 bits per heavy atom. The predicted octanol–water partition coefficient (Wildman–Crippen LogP) is 1.35. The van der Waals surface area contributed by atoms with Gasteiger partial charge in [0.25, 0.3) is 0 Å². The van der Waals surface area contributed by atoms with Crippen LogP contribution < -0.4 is 10.6 Å². The van der Waals surface area contributed by atoms with Crippen molar-refractivity contribution in [2.24, 2.45) is 4.99 Å². The molecule has 1 aromatic carbocycles. The molecule has 0 unspecified atom stereocenters. The van der Waals surface area contributed by atoms with Gasteiger partial charge in [-0.2, -0.15) is 4.98 Å². The molecule has 0 aliphatic heterocycles. The van der Waals surface area contributed by atoms with Gasteiger partial charge in [0.05, 0.1) is 18.0 Å². The number of nitrogens with zero attached hydrogens (tertiary/aromatic N) is 3. The lowest BCUT2D eigenvalue weighted by Gasteiger charge is -2.10. The standard InChI is InChI=1S/C16H23N5O3S/c1-5-17-16(19-10-15-20-12(3)24-21-15)18-9-13-6-7-14(11(2)8-13)25(4,22)23/h6-8H,5,9-10H2,1-4H3,(H2,17,18,19). The van der Waals surface area contributed by atoms with Gasteiger partial charge in [0.15, 0.2) is 21.6 Å². The predicted molar refractivity (Wildman–Crippen MR) is 95.0 cm³/mol. The molecule has 25 heavy (non-hydrogen) atoms. The van der Waals surface area contributed by atoms with Gasteiger partial charge >= 0.3 is 0 Å². The van der Waals surface area contributed by atoms with Crippen LogP contribution in [-0.4, -0.2) is 37.3 Å². The second-order valence-corrected chi connectivity index (χ2v) is 7.63. The number of rotatable bonds is 6. The molecule has 1 aromatic heterocycles. The van der Waals surface area contributed by atoms with E-state index < -0.39 is 9.84 Å². The van der Waals surface area contributed by atoms with E-state index in [2.05, 4.69) is 25.8 Å². The summed E-state index contributed by atoms with van der Waals surface area (Å²) in [5.41, 5.74) is 1.65. The molecule has 2 rings (SSSR count). The number of hydrogen-bond acceptors (Lipinski definition) is 6. The molecule has 2 aromatic rings. The normalized spacial score (nSPS) is 12.2. The van der Waals surface area contributed by atoms with Crippen LogP contribution in [0, 0.1) is 13.8 Å². The minimum absolute atomic E-state index is 0.345. The molecule has 1 heterocycles. The Balaban J connectivity index is 2.06. The van der Waals surface area contributed by atoms with Crippen molar-refractivity contribution in [1.82, 2.24) is 20.8 Å². The van der Waals surface area contributed by atoms with Gasteiger partial charge in [-0.05, 0) is 31.0 Å². The van der Waals surface area contributed by atoms with Gasteiger partial charge in [-0.3, -0.25) is 0 Å². The number of aryl methyl sites for hydroxylation is 2. The molecule has 0 radical (unpaired) electrons. The van der Waals surface area contributed by atoms with E-state index >= 15 is 0 Å². The summed E-state index contributed by atoms with van der Waals surface area (Å²) in [4.78, 5) is 8.97. The van der Waals surface area contributed by atoms with Crippen LogP contribution in [0.1, 0.15) is 29.8 Å². The van der Waals surface area contributed by atoms with Crippen molar-refractivity contribution in [3.8, 4) is 0 Å². The van der Waals surface area contributed by atoms with Crippen molar-refractivity contribution in [3.63, 3.8) is 0 Å². The maximum Gasteiger partial charge on any atom is 0.223 e. The Hall–Kier alpha value is -2.42. The third-order valence-electron chi connectivity index (χ3n) is 3.39. The number of nitrogens with one attached hydrogen (secondary N) is 2. The summed E-state index contributed by atoms with van der Waals surface area (Å²) >= 11 is 0. The highest BCUT2D eigenvalue weighted by molar-refractivity contribution is 7.90. The van der Waals surface area contributed by atoms with Crippen LogP contribution in [0.3, 0.4) is 0 Å². The van der Waals surface area contributed by atoms with Crippen LogP contribution in [-0.2, 0) is 22.9 Å². The van der Waals surface area contributed by atoms with E-state index in [1.54, 1.807) is 26.0 Å². The largest absolute Gasteiger partial charge is 0.357 e. The van der Waals surface area contributed by atoms with Crippen LogP contribution in [0.15, 0.2) is 32.6 Å². The summed E-state index contributed by atoms with van der Waals surface area (Å²) in [6, 6.07) is 5.24. The molecule has 0 aliphatic carbocycles. The summed E-state index contributed by atoms with van der Waals surface area (Å²) in [6.45, 7) is 7.02. The Morgan fingerprint density at radius 1 is 1.28 bits per heavy atom. The summed E-state index contributed by atoms with van der Waals surface area (Å²) in [5, 5.41) is 10.1. The number of aliphatic imine (C=N–C) groups is 1. The van der Waals surface area contributed by atoms with Crippen molar-refractivity contribution in [1.29, 1.82) is 0 Å². The number of aromatic nitrogens is 2. The third-order valence-corrected chi connectivity index (χ3v) is 4.64. The topological polar surface area (TPSA) is 109 Å². The molecule has 2 N–H and O–H groups in total. The van der Waals surface area contributed by atoms with Gasteiger partial charge in [-0.1, -0.05) is 17.3 Å². The Kier molecular flexibility index (Phi) is 6.13. The summed E-state index contributed by atoms with van der Waals surface area (Å²) in [5.74, 6) is 1.69. The molecule has 0 atom stereocenters. The van der Waals surface area contributed by atoms with Crippen LogP contribution in [0.5, 0.6) is 0 Å². The second kappa shape index (κ2) is 8.11. The highest BCUT2D eigenvalue weighted by Crippen LogP contribution is 2.17. The fourth-order valence-corrected chi connectivity index (χ4v) is 3.27. The van der Waals surface area contributed by atoms with E-state index in [-0.39, 0.29) is 0 Å². The van der Waals surface area contributed by atoms with E-state index in [1.165, 1.54) is 6.26 Å². The molecular formula is C16H23N5O3S. The number of guanidine groups is 1. The SMILES string of the molecule is CCNC(=NCc1ccc(S(C)(=O)=O)c(C)c1)NCc1noc(C)n1. The molecular weight excluding hydrogens is 342 g/mol. The fourth-order valence-electron chi connectivity index (χ4n) is 2.31. The minimum atomic E-state index is -3.21. The van der Waals surface area contributed by atoms with Crippen LogP contribution in [0.25, 0.3) is 0 Å². The Morgan fingerprint density at radius 2 is 2.04 bits per heavy atom. The lowest BCUT2D eigenvalue weighted by Crippen LogP contribution is -2.37. The Bertz CT molecular complexity index is 858.